The van der Waals surface area contributed by atoms with Crippen molar-refractivity contribution in [3.8, 4) is 0 Å². The fraction of sp³-hybridized carbons (Fsp3) is 1.00. The van der Waals surface area contributed by atoms with Crippen LogP contribution in [0.2, 0.25) is 0 Å². The second kappa shape index (κ2) is 26.1. The number of hydrogen-bond donors (Lipinski definition) is 0. The molecule has 0 amide bonds. The van der Waals surface area contributed by atoms with Gasteiger partial charge in [0, 0.05) is 17.1 Å². The minimum absolute atomic E-state index is 0. The standard InChI is InChI=1S/C2H6N.2Fe.2S/c1-2-3;;;;/h3H,2H2,1H3;;;;/q-1;;;;. The van der Waals surface area contributed by atoms with Crippen LogP contribution in [0.3, 0.4) is 0 Å². The summed E-state index contributed by atoms with van der Waals surface area (Å²) < 4.78 is 0. The molecule has 0 radical (unpaired) electrons. The van der Waals surface area contributed by atoms with E-state index < -0.39 is 0 Å². The van der Waals surface area contributed by atoms with Gasteiger partial charge in [0.1, 0.15) is 0 Å². The van der Waals surface area contributed by atoms with Gasteiger partial charge in [-0.25, -0.2) is 0 Å². The zero-order chi connectivity index (χ0) is 5.41. The van der Waals surface area contributed by atoms with Crippen LogP contribution in [0.25, 0.3) is 5.73 Å². The molecule has 0 aliphatic heterocycles. The molecule has 0 unspecified atom stereocenters. The average molecular weight is 220 g/mol. The molecule has 0 aromatic heterocycles. The Balaban J connectivity index is -0.0000000400. The Morgan fingerprint density at radius 1 is 1.57 bits per heavy atom. The molecule has 5 heteroatoms. The molecule has 48 valence electrons. The summed E-state index contributed by atoms with van der Waals surface area (Å²) in [6.07, 6.45) is 0. The zero-order valence-corrected chi connectivity index (χ0v) is 7.57. The Hall–Kier alpha value is 1.44. The van der Waals surface area contributed by atoms with Gasteiger partial charge in [-0.05, 0) is 0 Å². The van der Waals surface area contributed by atoms with Gasteiger partial charge < -0.3 is 5.73 Å². The summed E-state index contributed by atoms with van der Waals surface area (Å²) in [5.41, 5.74) is 6.21. The summed E-state index contributed by atoms with van der Waals surface area (Å²) >= 11 is 0.417. The maximum atomic E-state index is 6.21. The van der Waals surface area contributed by atoms with E-state index in [4.69, 9.17) is 5.73 Å². The van der Waals surface area contributed by atoms with E-state index in [0.717, 1.165) is 0 Å². The number of nitrogens with one attached hydrogen (secondary N) is 1. The molecule has 0 aliphatic rings. The van der Waals surface area contributed by atoms with Crippen LogP contribution in [-0.2, 0) is 28.8 Å². The molecule has 0 saturated carbocycles. The SMILES string of the molecule is CC[NH-].[Fe].[S]=[Fe]=[S]. The Morgan fingerprint density at radius 3 is 1.57 bits per heavy atom. The quantitative estimate of drug-likeness (QED) is 0.585. The molecule has 0 aromatic rings. The molecular formula is C2H6Fe2NS2-. The Morgan fingerprint density at radius 2 is 1.57 bits per heavy atom. The summed E-state index contributed by atoms with van der Waals surface area (Å²) in [6.45, 7) is 2.29. The average Bonchev–Trinajstić information content (AvgIpc) is 1.39. The third-order valence-corrected chi connectivity index (χ3v) is 0. The molecule has 0 heterocycles. The fourth-order valence-corrected chi connectivity index (χ4v) is 0. The van der Waals surface area contributed by atoms with E-state index in [1.165, 1.54) is 0 Å². The van der Waals surface area contributed by atoms with Crippen molar-refractivity contribution < 1.29 is 28.8 Å². The van der Waals surface area contributed by atoms with Gasteiger partial charge in [-0.3, -0.25) is 0 Å². The van der Waals surface area contributed by atoms with Crippen LogP contribution in [0.15, 0.2) is 0 Å². The summed E-state index contributed by atoms with van der Waals surface area (Å²) in [6, 6.07) is 0. The second-order valence-electron chi connectivity index (χ2n) is 0.412. The molecule has 7 heavy (non-hydrogen) atoms. The normalized spacial score (nSPS) is 4.86. The van der Waals surface area contributed by atoms with Crippen molar-refractivity contribution >= 4 is 21.1 Å². The molecule has 0 fully saturated rings. The summed E-state index contributed by atoms with van der Waals surface area (Å²) in [5.74, 6) is 0. The molecule has 0 bridgehead atoms. The third-order valence-electron chi connectivity index (χ3n) is 0. The first-order valence-electron chi connectivity index (χ1n) is 1.35. The monoisotopic (exact) mass is 220 g/mol. The van der Waals surface area contributed by atoms with Crippen LogP contribution < -0.4 is 0 Å². The first-order valence-corrected chi connectivity index (χ1v) is 4.63. The van der Waals surface area contributed by atoms with E-state index in [2.05, 4.69) is 21.1 Å². The van der Waals surface area contributed by atoms with Gasteiger partial charge in [-0.1, -0.05) is 6.92 Å². The molecule has 0 saturated heterocycles. The van der Waals surface area contributed by atoms with Crippen LogP contribution in [0, 0.1) is 0 Å². The summed E-state index contributed by atoms with van der Waals surface area (Å²) in [5, 5.41) is 0. The van der Waals surface area contributed by atoms with Crippen LogP contribution in [0.5, 0.6) is 0 Å². The van der Waals surface area contributed by atoms with Gasteiger partial charge in [0.2, 0.25) is 0 Å². The predicted molar refractivity (Wildman–Crippen MR) is 30.0 cm³/mol. The van der Waals surface area contributed by atoms with Gasteiger partial charge in [0.05, 0.1) is 0 Å². The first kappa shape index (κ1) is 15.8. The predicted octanol–water partition coefficient (Wildman–Crippen LogP) is 2.35. The first-order chi connectivity index (χ1) is 2.83. The van der Waals surface area contributed by atoms with Crippen molar-refractivity contribution in [2.75, 3.05) is 6.54 Å². The molecule has 0 rings (SSSR count). The third kappa shape index (κ3) is 106. The van der Waals surface area contributed by atoms with Gasteiger partial charge in [-0.15, -0.1) is 0 Å². The Bertz CT molecular complexity index is 43.0. The molecule has 1 N–H and O–H groups in total. The molecule has 0 atom stereocenters. The molecule has 0 aliphatic carbocycles. The van der Waals surface area contributed by atoms with Crippen molar-refractivity contribution in [1.29, 1.82) is 0 Å². The summed E-state index contributed by atoms with van der Waals surface area (Å²) in [4.78, 5) is 0. The van der Waals surface area contributed by atoms with Crippen molar-refractivity contribution in [3.63, 3.8) is 0 Å². The van der Waals surface area contributed by atoms with E-state index in [0.29, 0.717) is 18.2 Å². The Labute approximate surface area is 68.8 Å². The fourth-order valence-electron chi connectivity index (χ4n) is 0. The molecule has 0 aromatic carbocycles. The van der Waals surface area contributed by atoms with Gasteiger partial charge in [0.25, 0.3) is 0 Å². The van der Waals surface area contributed by atoms with Crippen LogP contribution in [0.1, 0.15) is 6.92 Å². The molecule has 1 nitrogen and oxygen atoms in total. The van der Waals surface area contributed by atoms with Crippen molar-refractivity contribution in [2.45, 2.75) is 6.92 Å². The van der Waals surface area contributed by atoms with Gasteiger partial charge in [0.15, 0.2) is 0 Å². The van der Waals surface area contributed by atoms with Gasteiger partial charge in [-0.2, -0.15) is 6.54 Å². The maximum absolute atomic E-state index is 6.21. The second-order valence-corrected chi connectivity index (χ2v) is 2.54. The summed E-state index contributed by atoms with van der Waals surface area (Å²) in [7, 11) is 8.42. The topological polar surface area (TPSA) is 23.8 Å². The molecular weight excluding hydrogens is 214 g/mol. The minimum atomic E-state index is 0. The van der Waals surface area contributed by atoms with E-state index in [9.17, 15) is 0 Å². The zero-order valence-electron chi connectivity index (χ0n) is 3.73. The Kier molecular flexibility index (Phi) is 58.8. The van der Waals surface area contributed by atoms with E-state index in [1.807, 2.05) is 0 Å². The van der Waals surface area contributed by atoms with Gasteiger partial charge >= 0.3 is 32.8 Å². The van der Waals surface area contributed by atoms with Crippen molar-refractivity contribution in [2.24, 2.45) is 0 Å². The van der Waals surface area contributed by atoms with E-state index in [1.54, 1.807) is 6.92 Å². The van der Waals surface area contributed by atoms with Crippen LogP contribution >= 0.6 is 21.1 Å². The van der Waals surface area contributed by atoms with Crippen molar-refractivity contribution in [1.82, 2.24) is 0 Å². The van der Waals surface area contributed by atoms with Crippen molar-refractivity contribution in [3.05, 3.63) is 5.73 Å². The van der Waals surface area contributed by atoms with Crippen LogP contribution in [-0.4, -0.2) is 6.54 Å². The van der Waals surface area contributed by atoms with E-state index in [-0.39, 0.29) is 17.1 Å². The number of hydrogen-bond acceptors (Lipinski definition) is 2. The van der Waals surface area contributed by atoms with E-state index >= 15 is 0 Å². The molecule has 0 spiro atoms. The number of rotatable bonds is 0. The van der Waals surface area contributed by atoms with Crippen LogP contribution in [0.4, 0.5) is 0 Å².